The van der Waals surface area contributed by atoms with Gasteiger partial charge in [-0.15, -0.1) is 0 Å². The molecule has 1 atom stereocenters. The number of benzene rings is 2. The summed E-state index contributed by atoms with van der Waals surface area (Å²) in [5, 5.41) is 0. The van der Waals surface area contributed by atoms with Gasteiger partial charge in [0.2, 0.25) is 11.8 Å². The molecule has 2 aromatic rings. The van der Waals surface area contributed by atoms with E-state index in [0.29, 0.717) is 25.9 Å². The van der Waals surface area contributed by atoms with E-state index in [9.17, 15) is 9.59 Å². The first-order chi connectivity index (χ1) is 16.0. The second kappa shape index (κ2) is 10.3. The smallest absolute Gasteiger partial charge is 0.245 e. The fraction of sp³-hybridized carbons (Fsp3) is 0.481. The van der Waals surface area contributed by atoms with E-state index in [4.69, 9.17) is 4.74 Å². The van der Waals surface area contributed by atoms with Gasteiger partial charge < -0.3 is 19.4 Å². The third-order valence-corrected chi connectivity index (χ3v) is 6.68. The number of anilines is 1. The molecule has 1 fully saturated rings. The number of carbonyl (C=O) groups is 2. The standard InChI is InChI=1S/C27H35N3O3/c1-20(2)17-26(31)30-19-22-8-5-4-7-21(22)18-25(30)27(32)29-14-6-13-28(15-16-29)23-9-11-24(33-3)12-10-23/h4-5,7-12,20,25H,6,13-19H2,1-3H3. The molecule has 0 bridgehead atoms. The minimum Gasteiger partial charge on any atom is -0.497 e. The summed E-state index contributed by atoms with van der Waals surface area (Å²) in [5.74, 6) is 1.27. The Morgan fingerprint density at radius 1 is 0.970 bits per heavy atom. The highest BCUT2D eigenvalue weighted by Gasteiger charge is 2.37. The summed E-state index contributed by atoms with van der Waals surface area (Å²) in [6, 6.07) is 15.9. The zero-order valence-corrected chi connectivity index (χ0v) is 20.0. The van der Waals surface area contributed by atoms with Crippen LogP contribution in [0.25, 0.3) is 0 Å². The van der Waals surface area contributed by atoms with Gasteiger partial charge in [0.1, 0.15) is 11.8 Å². The number of hydrogen-bond donors (Lipinski definition) is 0. The molecule has 0 radical (unpaired) electrons. The predicted octanol–water partition coefficient (Wildman–Crippen LogP) is 3.73. The van der Waals surface area contributed by atoms with Gasteiger partial charge in [0.15, 0.2) is 0 Å². The minimum atomic E-state index is -0.418. The lowest BCUT2D eigenvalue weighted by Gasteiger charge is -2.39. The van der Waals surface area contributed by atoms with Crippen LogP contribution < -0.4 is 9.64 Å². The van der Waals surface area contributed by atoms with Gasteiger partial charge in [-0.25, -0.2) is 0 Å². The van der Waals surface area contributed by atoms with Gasteiger partial charge in [0, 0.05) is 51.3 Å². The fourth-order valence-corrected chi connectivity index (χ4v) is 4.87. The van der Waals surface area contributed by atoms with Gasteiger partial charge in [-0.1, -0.05) is 38.1 Å². The Bertz CT molecular complexity index is 973. The fourth-order valence-electron chi connectivity index (χ4n) is 4.87. The Morgan fingerprint density at radius 2 is 1.70 bits per heavy atom. The lowest BCUT2D eigenvalue weighted by molar-refractivity contribution is -0.147. The van der Waals surface area contributed by atoms with Gasteiger partial charge in [-0.3, -0.25) is 9.59 Å². The van der Waals surface area contributed by atoms with E-state index in [0.717, 1.165) is 43.1 Å². The summed E-state index contributed by atoms with van der Waals surface area (Å²) >= 11 is 0. The van der Waals surface area contributed by atoms with Crippen LogP contribution in [-0.4, -0.2) is 60.9 Å². The molecular formula is C27H35N3O3. The first-order valence-electron chi connectivity index (χ1n) is 12.0. The van der Waals surface area contributed by atoms with Crippen LogP contribution in [0.1, 0.15) is 37.8 Å². The normalized spacial score (nSPS) is 18.7. The molecule has 4 rings (SSSR count). The number of rotatable bonds is 5. The van der Waals surface area contributed by atoms with E-state index in [2.05, 4.69) is 43.0 Å². The van der Waals surface area contributed by atoms with E-state index >= 15 is 0 Å². The maximum Gasteiger partial charge on any atom is 0.245 e. The largest absolute Gasteiger partial charge is 0.497 e. The Hall–Kier alpha value is -3.02. The number of nitrogens with zero attached hydrogens (tertiary/aromatic N) is 3. The van der Waals surface area contributed by atoms with E-state index < -0.39 is 6.04 Å². The monoisotopic (exact) mass is 449 g/mol. The number of methoxy groups -OCH3 is 1. The van der Waals surface area contributed by atoms with Crippen LogP contribution in [-0.2, 0) is 22.6 Å². The van der Waals surface area contributed by atoms with Crippen molar-refractivity contribution in [3.8, 4) is 5.75 Å². The molecule has 33 heavy (non-hydrogen) atoms. The average molecular weight is 450 g/mol. The molecule has 2 heterocycles. The molecule has 2 aliphatic heterocycles. The van der Waals surface area contributed by atoms with Crippen molar-refractivity contribution in [1.29, 1.82) is 0 Å². The number of hydrogen-bond acceptors (Lipinski definition) is 4. The van der Waals surface area contributed by atoms with Crippen molar-refractivity contribution in [3.63, 3.8) is 0 Å². The van der Waals surface area contributed by atoms with E-state index in [1.165, 1.54) is 5.56 Å². The highest BCUT2D eigenvalue weighted by atomic mass is 16.5. The third kappa shape index (κ3) is 5.32. The number of carbonyl (C=O) groups excluding carboxylic acids is 2. The summed E-state index contributed by atoms with van der Waals surface area (Å²) in [6.07, 6.45) is 1.97. The predicted molar refractivity (Wildman–Crippen MR) is 130 cm³/mol. The van der Waals surface area contributed by atoms with Crippen molar-refractivity contribution in [2.24, 2.45) is 5.92 Å². The molecule has 2 amide bonds. The second-order valence-corrected chi connectivity index (χ2v) is 9.47. The lowest BCUT2D eigenvalue weighted by Crippen LogP contribution is -2.54. The van der Waals surface area contributed by atoms with Gasteiger partial charge in [-0.05, 0) is 47.7 Å². The van der Waals surface area contributed by atoms with Crippen molar-refractivity contribution in [2.45, 2.75) is 45.7 Å². The summed E-state index contributed by atoms with van der Waals surface area (Å²) in [6.45, 7) is 7.68. The second-order valence-electron chi connectivity index (χ2n) is 9.47. The lowest BCUT2D eigenvalue weighted by atomic mass is 9.92. The highest BCUT2D eigenvalue weighted by Crippen LogP contribution is 2.27. The molecule has 1 saturated heterocycles. The van der Waals surface area contributed by atoms with Crippen LogP contribution in [0.15, 0.2) is 48.5 Å². The maximum atomic E-state index is 13.7. The summed E-state index contributed by atoms with van der Waals surface area (Å²) in [5.41, 5.74) is 3.48. The van der Waals surface area contributed by atoms with E-state index in [1.54, 1.807) is 7.11 Å². The molecule has 0 aromatic heterocycles. The number of amides is 2. The molecule has 0 N–H and O–H groups in total. The Balaban J connectivity index is 1.49. The van der Waals surface area contributed by atoms with Crippen LogP contribution in [0.3, 0.4) is 0 Å². The quantitative estimate of drug-likeness (QED) is 0.698. The Labute approximate surface area is 197 Å². The van der Waals surface area contributed by atoms with E-state index in [-0.39, 0.29) is 17.7 Å². The molecule has 6 nitrogen and oxygen atoms in total. The summed E-state index contributed by atoms with van der Waals surface area (Å²) in [7, 11) is 1.67. The van der Waals surface area contributed by atoms with Crippen molar-refractivity contribution < 1.29 is 14.3 Å². The van der Waals surface area contributed by atoms with Crippen molar-refractivity contribution in [2.75, 3.05) is 38.2 Å². The first-order valence-corrected chi connectivity index (χ1v) is 12.0. The van der Waals surface area contributed by atoms with Crippen molar-refractivity contribution in [3.05, 3.63) is 59.7 Å². The zero-order chi connectivity index (χ0) is 23.4. The van der Waals surface area contributed by atoms with Gasteiger partial charge >= 0.3 is 0 Å². The topological polar surface area (TPSA) is 53.1 Å². The Kier molecular flexibility index (Phi) is 7.21. The summed E-state index contributed by atoms with van der Waals surface area (Å²) in [4.78, 5) is 33.0. The minimum absolute atomic E-state index is 0.0764. The molecule has 0 saturated carbocycles. The average Bonchev–Trinajstić information content (AvgIpc) is 3.09. The molecule has 0 aliphatic carbocycles. The highest BCUT2D eigenvalue weighted by molar-refractivity contribution is 5.88. The van der Waals surface area contributed by atoms with Crippen molar-refractivity contribution >= 4 is 17.5 Å². The molecule has 1 unspecified atom stereocenters. The zero-order valence-electron chi connectivity index (χ0n) is 20.0. The van der Waals surface area contributed by atoms with Gasteiger partial charge in [0.25, 0.3) is 0 Å². The third-order valence-electron chi connectivity index (χ3n) is 6.68. The number of ether oxygens (including phenoxy) is 1. The Morgan fingerprint density at radius 3 is 2.39 bits per heavy atom. The van der Waals surface area contributed by atoms with Crippen LogP contribution >= 0.6 is 0 Å². The molecule has 2 aliphatic rings. The molecule has 6 heteroatoms. The van der Waals surface area contributed by atoms with Crippen molar-refractivity contribution in [1.82, 2.24) is 9.80 Å². The van der Waals surface area contributed by atoms with Crippen LogP contribution in [0.5, 0.6) is 5.75 Å². The molecule has 176 valence electrons. The molecule has 0 spiro atoms. The number of fused-ring (bicyclic) bond motifs is 1. The SMILES string of the molecule is COc1ccc(N2CCCN(C(=O)C3Cc4ccccc4CN3C(=O)CC(C)C)CC2)cc1. The van der Waals surface area contributed by atoms with Crippen LogP contribution in [0.4, 0.5) is 5.69 Å². The van der Waals surface area contributed by atoms with Crippen LogP contribution in [0, 0.1) is 5.92 Å². The van der Waals surface area contributed by atoms with Gasteiger partial charge in [0.05, 0.1) is 7.11 Å². The molecule has 2 aromatic carbocycles. The van der Waals surface area contributed by atoms with Crippen LogP contribution in [0.2, 0.25) is 0 Å². The first kappa shape index (κ1) is 23.1. The maximum absolute atomic E-state index is 13.7. The molecular weight excluding hydrogens is 414 g/mol. The summed E-state index contributed by atoms with van der Waals surface area (Å²) < 4.78 is 5.27. The van der Waals surface area contributed by atoms with Gasteiger partial charge in [-0.2, -0.15) is 0 Å². The van der Waals surface area contributed by atoms with E-state index in [1.807, 2.05) is 34.1 Å².